The van der Waals surface area contributed by atoms with Gasteiger partial charge in [0.1, 0.15) is 0 Å². The second-order valence-electron chi connectivity index (χ2n) is 8.11. The first-order valence-corrected chi connectivity index (χ1v) is 13.9. The third kappa shape index (κ3) is 4.55. The van der Waals surface area contributed by atoms with Crippen molar-refractivity contribution in [2.24, 2.45) is 5.92 Å². The Balaban J connectivity index is 1.74. The third-order valence-electron chi connectivity index (χ3n) is 6.15. The third-order valence-corrected chi connectivity index (χ3v) is 9.72. The molecular weight excluding hydrogens is 414 g/mol. The number of hydrogen-bond acceptors (Lipinski definition) is 6. The lowest BCUT2D eigenvalue weighted by atomic mass is 9.97. The zero-order valence-corrected chi connectivity index (χ0v) is 19.0. The van der Waals surface area contributed by atoms with Crippen molar-refractivity contribution in [3.8, 4) is 0 Å². The van der Waals surface area contributed by atoms with Crippen LogP contribution < -0.4 is 0 Å². The Hall–Kier alpha value is -0.970. The SMILES string of the molecule is CCC[C@H]1C(=O)N(S(=O)(=O)CC)C2=CCN(S(=O)(=O)CCCN3CCCCC3)[C@@H]21. The van der Waals surface area contributed by atoms with Crippen LogP contribution in [0, 0.1) is 5.92 Å². The summed E-state index contributed by atoms with van der Waals surface area (Å²) in [6, 6.07) is -0.691. The average Bonchev–Trinajstić information content (AvgIpc) is 3.22. The van der Waals surface area contributed by atoms with Crippen LogP contribution in [0.1, 0.15) is 52.4 Å². The highest BCUT2D eigenvalue weighted by atomic mass is 32.2. The fraction of sp³-hybridized carbons (Fsp3) is 0.842. The summed E-state index contributed by atoms with van der Waals surface area (Å²) in [5, 5.41) is 0. The molecule has 0 aromatic rings. The van der Waals surface area contributed by atoms with Gasteiger partial charge in [0, 0.05) is 6.54 Å². The van der Waals surface area contributed by atoms with Crippen LogP contribution in [0.5, 0.6) is 0 Å². The van der Waals surface area contributed by atoms with Crippen molar-refractivity contribution < 1.29 is 21.6 Å². The van der Waals surface area contributed by atoms with Crippen molar-refractivity contribution in [2.45, 2.75) is 58.4 Å². The molecule has 0 bridgehead atoms. The Labute approximate surface area is 175 Å². The zero-order chi connectivity index (χ0) is 21.2. The molecule has 0 aromatic carbocycles. The minimum Gasteiger partial charge on any atom is -0.303 e. The largest absolute Gasteiger partial charge is 0.303 e. The first kappa shape index (κ1) is 22.7. The highest BCUT2D eigenvalue weighted by molar-refractivity contribution is 7.90. The smallest absolute Gasteiger partial charge is 0.245 e. The van der Waals surface area contributed by atoms with E-state index in [-0.39, 0.29) is 18.1 Å². The van der Waals surface area contributed by atoms with E-state index in [4.69, 9.17) is 0 Å². The Morgan fingerprint density at radius 3 is 2.34 bits per heavy atom. The van der Waals surface area contributed by atoms with Gasteiger partial charge in [-0.25, -0.2) is 21.1 Å². The normalized spacial score (nSPS) is 26.8. The van der Waals surface area contributed by atoms with Crippen LogP contribution in [-0.2, 0) is 24.8 Å². The summed E-state index contributed by atoms with van der Waals surface area (Å²) in [6.07, 6.45) is 6.87. The Morgan fingerprint density at radius 2 is 1.72 bits per heavy atom. The van der Waals surface area contributed by atoms with Gasteiger partial charge in [0.25, 0.3) is 0 Å². The molecule has 0 aromatic heterocycles. The van der Waals surface area contributed by atoms with E-state index >= 15 is 0 Å². The predicted octanol–water partition coefficient (Wildman–Crippen LogP) is 1.37. The predicted molar refractivity (Wildman–Crippen MR) is 112 cm³/mol. The summed E-state index contributed by atoms with van der Waals surface area (Å²) in [5.41, 5.74) is 0.329. The zero-order valence-electron chi connectivity index (χ0n) is 17.4. The molecular formula is C19H33N3O5S2. The summed E-state index contributed by atoms with van der Waals surface area (Å²) in [7, 11) is -7.35. The number of rotatable bonds is 9. The second-order valence-corrected chi connectivity index (χ2v) is 12.3. The number of likely N-dealkylation sites (tertiary alicyclic amines) is 1. The molecule has 0 saturated carbocycles. The van der Waals surface area contributed by atoms with Crippen molar-refractivity contribution in [3.63, 3.8) is 0 Å². The molecule has 0 spiro atoms. The maximum Gasteiger partial charge on any atom is 0.245 e. The van der Waals surface area contributed by atoms with Crippen molar-refractivity contribution in [3.05, 3.63) is 11.8 Å². The monoisotopic (exact) mass is 447 g/mol. The molecule has 3 aliphatic heterocycles. The van der Waals surface area contributed by atoms with E-state index in [9.17, 15) is 21.6 Å². The Kier molecular flexibility index (Phi) is 7.07. The van der Waals surface area contributed by atoms with Crippen LogP contribution in [0.25, 0.3) is 0 Å². The Morgan fingerprint density at radius 1 is 1.03 bits per heavy atom. The van der Waals surface area contributed by atoms with Gasteiger partial charge in [-0.15, -0.1) is 0 Å². The van der Waals surface area contributed by atoms with Crippen LogP contribution in [0.4, 0.5) is 0 Å². The summed E-state index contributed by atoms with van der Waals surface area (Å²) in [5.74, 6) is -1.29. The first-order chi connectivity index (χ1) is 13.7. The van der Waals surface area contributed by atoms with Gasteiger partial charge in [-0.3, -0.25) is 4.79 Å². The van der Waals surface area contributed by atoms with Gasteiger partial charge < -0.3 is 4.90 Å². The van der Waals surface area contributed by atoms with Crippen LogP contribution >= 0.6 is 0 Å². The number of hydrogen-bond donors (Lipinski definition) is 0. The molecule has 1 amide bonds. The highest BCUT2D eigenvalue weighted by Gasteiger charge is 2.55. The number of amides is 1. The fourth-order valence-corrected chi connectivity index (χ4v) is 7.47. The van der Waals surface area contributed by atoms with Crippen LogP contribution in [0.15, 0.2) is 11.8 Å². The molecule has 0 N–H and O–H groups in total. The van der Waals surface area contributed by atoms with Crippen LogP contribution in [0.3, 0.4) is 0 Å². The van der Waals surface area contributed by atoms with Crippen molar-refractivity contribution >= 4 is 26.0 Å². The van der Waals surface area contributed by atoms with Crippen molar-refractivity contribution in [1.29, 1.82) is 0 Å². The number of fused-ring (bicyclic) bond motifs is 1. The molecule has 0 aliphatic carbocycles. The molecule has 2 atom stereocenters. The van der Waals surface area contributed by atoms with E-state index in [1.807, 2.05) is 6.92 Å². The van der Waals surface area contributed by atoms with Gasteiger partial charge in [0.05, 0.1) is 29.2 Å². The topological polar surface area (TPSA) is 95.1 Å². The van der Waals surface area contributed by atoms with Gasteiger partial charge in [-0.05, 0) is 58.3 Å². The maximum absolute atomic E-state index is 13.1. The maximum atomic E-state index is 13.1. The summed E-state index contributed by atoms with van der Waals surface area (Å²) >= 11 is 0. The van der Waals surface area contributed by atoms with Crippen LogP contribution in [0.2, 0.25) is 0 Å². The molecule has 2 fully saturated rings. The van der Waals surface area contributed by atoms with Crippen molar-refractivity contribution in [2.75, 3.05) is 37.7 Å². The molecule has 8 nitrogen and oxygen atoms in total. The number of carbonyl (C=O) groups is 1. The molecule has 0 radical (unpaired) electrons. The first-order valence-electron chi connectivity index (χ1n) is 10.7. The quantitative estimate of drug-likeness (QED) is 0.530. The van der Waals surface area contributed by atoms with Crippen LogP contribution in [-0.4, -0.2) is 80.0 Å². The van der Waals surface area contributed by atoms with E-state index in [1.54, 1.807) is 6.08 Å². The summed E-state index contributed by atoms with van der Waals surface area (Å²) < 4.78 is 53.4. The summed E-state index contributed by atoms with van der Waals surface area (Å²) in [4.78, 5) is 15.2. The molecule has 2 saturated heterocycles. The molecule has 29 heavy (non-hydrogen) atoms. The number of carbonyl (C=O) groups excluding carboxylic acids is 1. The van der Waals surface area contributed by atoms with Gasteiger partial charge in [-0.1, -0.05) is 19.8 Å². The van der Waals surface area contributed by atoms with Gasteiger partial charge in [-0.2, -0.15) is 4.31 Å². The second kappa shape index (κ2) is 9.03. The van der Waals surface area contributed by atoms with Gasteiger partial charge >= 0.3 is 0 Å². The lowest BCUT2D eigenvalue weighted by Gasteiger charge is -2.28. The lowest BCUT2D eigenvalue weighted by Crippen LogP contribution is -2.42. The van der Waals surface area contributed by atoms with E-state index in [1.165, 1.54) is 17.6 Å². The standard InChI is InChI=1S/C19H33N3O5S2/c1-3-9-16-18-17(22(19(16)23)28(24,25)4-2)10-14-21(18)29(26,27)15-8-13-20-11-6-5-7-12-20/h10,16,18H,3-9,11-15H2,1-2H3/t16-,18-/m1/s1. The van der Waals surface area contributed by atoms with Gasteiger partial charge in [0.2, 0.25) is 26.0 Å². The molecule has 3 rings (SSSR count). The van der Waals surface area contributed by atoms with E-state index in [0.29, 0.717) is 25.0 Å². The molecule has 3 aliphatic rings. The lowest BCUT2D eigenvalue weighted by molar-refractivity contribution is -0.127. The highest BCUT2D eigenvalue weighted by Crippen LogP contribution is 2.41. The summed E-state index contributed by atoms with van der Waals surface area (Å²) in [6.45, 7) is 6.35. The molecule has 166 valence electrons. The van der Waals surface area contributed by atoms with Crippen molar-refractivity contribution in [1.82, 2.24) is 13.5 Å². The number of nitrogens with zero attached hydrogens (tertiary/aromatic N) is 3. The fourth-order valence-electron chi connectivity index (χ4n) is 4.66. The molecule has 0 unspecified atom stereocenters. The molecule has 3 heterocycles. The number of piperidine rings is 1. The average molecular weight is 448 g/mol. The number of sulfonamides is 2. The van der Waals surface area contributed by atoms with E-state index in [2.05, 4.69) is 4.90 Å². The Bertz CT molecular complexity index is 847. The van der Waals surface area contributed by atoms with E-state index < -0.39 is 37.9 Å². The molecule has 10 heteroatoms. The minimum absolute atomic E-state index is 0.0225. The van der Waals surface area contributed by atoms with E-state index in [0.717, 1.165) is 36.8 Å². The minimum atomic E-state index is -3.77. The van der Waals surface area contributed by atoms with Gasteiger partial charge in [0.15, 0.2) is 0 Å².